The predicted octanol–water partition coefficient (Wildman–Crippen LogP) is 5.82. The average Bonchev–Trinajstić information content (AvgIpc) is 2.99. The van der Waals surface area contributed by atoms with E-state index in [4.69, 9.17) is 9.47 Å². The van der Waals surface area contributed by atoms with Gasteiger partial charge in [0.05, 0.1) is 13.2 Å². The van der Waals surface area contributed by atoms with Gasteiger partial charge in [-0.05, 0) is 79.6 Å². The lowest BCUT2D eigenvalue weighted by Crippen LogP contribution is -2.25. The number of allylic oxidation sites excluding steroid dienone is 1. The van der Waals surface area contributed by atoms with Crippen LogP contribution in [0.5, 0.6) is 17.2 Å². The van der Waals surface area contributed by atoms with Crippen molar-refractivity contribution in [3.63, 3.8) is 0 Å². The van der Waals surface area contributed by atoms with E-state index < -0.39 is 23.7 Å². The van der Waals surface area contributed by atoms with Crippen molar-refractivity contribution in [2.75, 3.05) is 7.11 Å². The van der Waals surface area contributed by atoms with Crippen LogP contribution in [0.25, 0.3) is 6.08 Å². The second-order valence-corrected chi connectivity index (χ2v) is 10.7. The second kappa shape index (κ2) is 15.0. The van der Waals surface area contributed by atoms with Crippen LogP contribution in [0.4, 0.5) is 0 Å². The zero-order valence-electron chi connectivity index (χ0n) is 24.5. The number of carbonyl (C=O) groups is 3. The molecule has 226 valence electrons. The van der Waals surface area contributed by atoms with Gasteiger partial charge in [-0.15, -0.1) is 0 Å². The molecule has 3 N–H and O–H groups in total. The second-order valence-electron chi connectivity index (χ2n) is 10.7. The highest BCUT2D eigenvalue weighted by atomic mass is 16.5. The van der Waals surface area contributed by atoms with Gasteiger partial charge in [-0.25, -0.2) is 4.79 Å². The maximum absolute atomic E-state index is 13.5. The van der Waals surface area contributed by atoms with E-state index in [9.17, 15) is 24.6 Å². The summed E-state index contributed by atoms with van der Waals surface area (Å²) < 4.78 is 11.0. The highest BCUT2D eigenvalue weighted by molar-refractivity contribution is 5.98. The number of ketones is 1. The van der Waals surface area contributed by atoms with Gasteiger partial charge >= 0.3 is 5.97 Å². The number of pyridine rings is 1. The van der Waals surface area contributed by atoms with Crippen LogP contribution in [-0.2, 0) is 20.9 Å². The number of ether oxygens (including phenoxy) is 2. The first-order valence-electron chi connectivity index (χ1n) is 14.5. The third-order valence-corrected chi connectivity index (χ3v) is 7.55. The number of esters is 1. The summed E-state index contributed by atoms with van der Waals surface area (Å²) in [5.74, 6) is -1.79. The first-order valence-corrected chi connectivity index (χ1v) is 14.5. The highest BCUT2D eigenvalue weighted by Gasteiger charge is 2.31. The number of phenolic OH excluding ortho intramolecular Hbond substituents is 2. The summed E-state index contributed by atoms with van der Waals surface area (Å²) in [6.45, 7) is 2.02. The summed E-state index contributed by atoms with van der Waals surface area (Å²) in [7, 11) is 1.54. The van der Waals surface area contributed by atoms with Gasteiger partial charge in [0.15, 0.2) is 0 Å². The van der Waals surface area contributed by atoms with Crippen molar-refractivity contribution < 1.29 is 34.1 Å². The number of phenols is 2. The molecule has 0 aliphatic carbocycles. The Hall–Kier alpha value is -4.66. The van der Waals surface area contributed by atoms with E-state index in [1.807, 2.05) is 0 Å². The Labute approximate surface area is 251 Å². The van der Waals surface area contributed by atoms with Crippen LogP contribution < -0.4 is 10.1 Å². The number of hydrogen-bond donors (Lipinski definition) is 3. The van der Waals surface area contributed by atoms with Gasteiger partial charge in [0.2, 0.25) is 5.91 Å². The highest BCUT2D eigenvalue weighted by Crippen LogP contribution is 2.44. The predicted molar refractivity (Wildman–Crippen MR) is 162 cm³/mol. The Morgan fingerprint density at radius 1 is 1.09 bits per heavy atom. The zero-order valence-corrected chi connectivity index (χ0v) is 24.5. The number of nitrogens with one attached hydrogen (secondary N) is 1. The molecule has 0 spiro atoms. The third kappa shape index (κ3) is 8.44. The number of hydrogen-bond acceptors (Lipinski definition) is 8. The molecule has 1 amide bonds. The summed E-state index contributed by atoms with van der Waals surface area (Å²) >= 11 is 0. The third-order valence-electron chi connectivity index (χ3n) is 7.55. The standard InChI is InChI=1S/C34H38N2O7/c1-22-7-6-10-26(37)9-5-3-4-8-25-19-29(38)32(33(40)31(25)34(41)43-22)28(24-11-13-27(42-2)14-12-24)20-30(39)36-21-23-15-17-35-18-16-23/h4,8,11-19,22,28,38,40H,3,5-7,9-10,20-21H2,1-2H3,(H,36,39). The van der Waals surface area contributed by atoms with Gasteiger partial charge in [-0.2, -0.15) is 0 Å². The van der Waals surface area contributed by atoms with Gasteiger partial charge in [0, 0.05) is 49.7 Å². The first kappa shape index (κ1) is 31.3. The maximum Gasteiger partial charge on any atom is 0.342 e. The largest absolute Gasteiger partial charge is 0.507 e. The molecule has 3 aromatic rings. The molecule has 2 atom stereocenters. The van der Waals surface area contributed by atoms with Crippen molar-refractivity contribution in [3.8, 4) is 17.2 Å². The quantitative estimate of drug-likeness (QED) is 0.295. The number of Topliss-reactive ketones (excluding diaryl/α,β-unsaturated/α-hetero) is 1. The molecule has 4 rings (SSSR count). The van der Waals surface area contributed by atoms with Crippen LogP contribution in [0.1, 0.15) is 90.4 Å². The van der Waals surface area contributed by atoms with Gasteiger partial charge in [0.1, 0.15) is 28.6 Å². The van der Waals surface area contributed by atoms with E-state index in [1.165, 1.54) is 6.07 Å². The lowest BCUT2D eigenvalue weighted by Gasteiger charge is -2.23. The number of nitrogens with zero attached hydrogens (tertiary/aromatic N) is 1. The topological polar surface area (TPSA) is 135 Å². The van der Waals surface area contributed by atoms with E-state index >= 15 is 0 Å². The molecule has 1 aliphatic heterocycles. The molecule has 0 saturated carbocycles. The average molecular weight is 587 g/mol. The Morgan fingerprint density at radius 3 is 2.53 bits per heavy atom. The van der Waals surface area contributed by atoms with Gasteiger partial charge in [0.25, 0.3) is 0 Å². The SMILES string of the molecule is COc1ccc(C(CC(=O)NCc2ccncc2)c2c(O)cc3c(c2O)C(=O)OC(C)CCCC(=O)CCCC=C3)cc1. The minimum absolute atomic E-state index is 0.0488. The summed E-state index contributed by atoms with van der Waals surface area (Å²) in [5, 5.41) is 25.8. The van der Waals surface area contributed by atoms with Crippen molar-refractivity contribution in [3.05, 3.63) is 88.8 Å². The summed E-state index contributed by atoms with van der Waals surface area (Å²) in [6, 6.07) is 12.0. The molecule has 1 aromatic heterocycles. The Bertz CT molecular complexity index is 1450. The van der Waals surface area contributed by atoms with E-state index in [2.05, 4.69) is 10.3 Å². The summed E-state index contributed by atoms with van der Waals surface area (Å²) in [6.07, 6.45) is 9.36. The number of methoxy groups -OCH3 is 1. The molecular weight excluding hydrogens is 548 g/mol. The molecule has 2 heterocycles. The van der Waals surface area contributed by atoms with E-state index in [1.54, 1.807) is 75.0 Å². The monoisotopic (exact) mass is 586 g/mol. The van der Waals surface area contributed by atoms with Crippen molar-refractivity contribution in [1.82, 2.24) is 10.3 Å². The van der Waals surface area contributed by atoms with Crippen LogP contribution in [0.3, 0.4) is 0 Å². The summed E-state index contributed by atoms with van der Waals surface area (Å²) in [5.41, 5.74) is 1.75. The first-order chi connectivity index (χ1) is 20.8. The van der Waals surface area contributed by atoms with Crippen molar-refractivity contribution in [2.45, 2.75) is 70.4 Å². The molecule has 2 aromatic carbocycles. The van der Waals surface area contributed by atoms with Crippen LogP contribution in [0.2, 0.25) is 0 Å². The van der Waals surface area contributed by atoms with Gasteiger partial charge in [-0.3, -0.25) is 14.6 Å². The lowest BCUT2D eigenvalue weighted by atomic mass is 9.84. The molecule has 0 saturated heterocycles. The Morgan fingerprint density at radius 2 is 1.81 bits per heavy atom. The number of cyclic esters (lactones) is 1. The Balaban J connectivity index is 1.74. The lowest BCUT2D eigenvalue weighted by molar-refractivity contribution is -0.121. The molecular formula is C34H38N2O7. The van der Waals surface area contributed by atoms with Crippen LogP contribution in [-0.4, -0.2) is 46.1 Å². The van der Waals surface area contributed by atoms with Crippen LogP contribution >= 0.6 is 0 Å². The summed E-state index contributed by atoms with van der Waals surface area (Å²) in [4.78, 5) is 42.8. The Kier molecular flexibility index (Phi) is 10.9. The number of aromatic nitrogens is 1. The number of fused-ring (bicyclic) bond motifs is 1. The van der Waals surface area contributed by atoms with Crippen molar-refractivity contribution >= 4 is 23.7 Å². The maximum atomic E-state index is 13.5. The fourth-order valence-electron chi connectivity index (χ4n) is 5.20. The number of benzene rings is 2. The number of amides is 1. The number of aromatic hydroxyl groups is 2. The van der Waals surface area contributed by atoms with E-state index in [-0.39, 0.29) is 47.1 Å². The van der Waals surface area contributed by atoms with Crippen molar-refractivity contribution in [1.29, 1.82) is 0 Å². The van der Waals surface area contributed by atoms with Gasteiger partial charge < -0.3 is 25.0 Å². The van der Waals surface area contributed by atoms with Gasteiger partial charge in [-0.1, -0.05) is 24.3 Å². The molecule has 2 unspecified atom stereocenters. The molecule has 9 heteroatoms. The molecule has 0 fully saturated rings. The fourth-order valence-corrected chi connectivity index (χ4v) is 5.20. The minimum atomic E-state index is -0.804. The van der Waals surface area contributed by atoms with Crippen molar-refractivity contribution in [2.24, 2.45) is 0 Å². The smallest absolute Gasteiger partial charge is 0.342 e. The number of rotatable bonds is 7. The minimum Gasteiger partial charge on any atom is -0.507 e. The normalized spacial score (nSPS) is 16.8. The van der Waals surface area contributed by atoms with E-state index in [0.717, 1.165) is 5.56 Å². The zero-order chi connectivity index (χ0) is 30.8. The molecule has 1 aliphatic rings. The van der Waals surface area contributed by atoms with Crippen LogP contribution in [0, 0.1) is 0 Å². The molecule has 0 bridgehead atoms. The molecule has 43 heavy (non-hydrogen) atoms. The molecule has 0 radical (unpaired) electrons. The van der Waals surface area contributed by atoms with Crippen LogP contribution in [0.15, 0.2) is 60.9 Å². The molecule has 9 nitrogen and oxygen atoms in total. The van der Waals surface area contributed by atoms with E-state index in [0.29, 0.717) is 49.8 Å². The fraction of sp³-hybridized carbons (Fsp3) is 0.353. The number of carbonyl (C=O) groups excluding carboxylic acids is 3.